The smallest absolute Gasteiger partial charge is 0.266 e. The van der Waals surface area contributed by atoms with Crippen LogP contribution in [0.25, 0.3) is 6.08 Å². The van der Waals surface area contributed by atoms with Gasteiger partial charge in [0.1, 0.15) is 11.6 Å². The lowest BCUT2D eigenvalue weighted by molar-refractivity contribution is -0.112. The highest BCUT2D eigenvalue weighted by Gasteiger charge is 2.11. The average Bonchev–Trinajstić information content (AvgIpc) is 2.69. The Labute approximate surface area is 186 Å². The second kappa shape index (κ2) is 9.56. The normalized spacial score (nSPS) is 11.1. The van der Waals surface area contributed by atoms with E-state index in [0.29, 0.717) is 5.69 Å². The molecule has 0 aliphatic heterocycles. The van der Waals surface area contributed by atoms with E-state index in [1.54, 1.807) is 6.08 Å². The summed E-state index contributed by atoms with van der Waals surface area (Å²) in [6.45, 7) is 6.12. The molecule has 0 atom stereocenters. The van der Waals surface area contributed by atoms with Crippen LogP contribution in [0.5, 0.6) is 0 Å². The number of aryl methyl sites for hydroxylation is 3. The van der Waals surface area contributed by atoms with Gasteiger partial charge in [0.2, 0.25) is 0 Å². The first-order chi connectivity index (χ1) is 14.4. The number of amides is 1. The Balaban J connectivity index is 1.80. The van der Waals surface area contributed by atoms with E-state index in [2.05, 4.69) is 53.3 Å². The van der Waals surface area contributed by atoms with Crippen molar-refractivity contribution in [2.75, 3.05) is 5.32 Å². The lowest BCUT2D eigenvalue weighted by Crippen LogP contribution is -2.14. The highest BCUT2D eigenvalue weighted by Crippen LogP contribution is 2.24. The van der Waals surface area contributed by atoms with Crippen molar-refractivity contribution in [1.82, 2.24) is 0 Å². The van der Waals surface area contributed by atoms with Gasteiger partial charge in [0.15, 0.2) is 0 Å². The Morgan fingerprint density at radius 3 is 2.37 bits per heavy atom. The van der Waals surface area contributed by atoms with Gasteiger partial charge in [-0.05, 0) is 67.7 Å². The number of carbonyl (C=O) groups excluding carboxylic acids is 1. The zero-order valence-corrected chi connectivity index (χ0v) is 18.9. The van der Waals surface area contributed by atoms with Crippen molar-refractivity contribution in [3.63, 3.8) is 0 Å². The molecule has 4 heteroatoms. The van der Waals surface area contributed by atoms with Gasteiger partial charge in [0.25, 0.3) is 5.91 Å². The zero-order valence-electron chi connectivity index (χ0n) is 17.3. The minimum atomic E-state index is -0.415. The molecule has 3 aromatic carbocycles. The molecule has 0 fully saturated rings. The minimum Gasteiger partial charge on any atom is -0.321 e. The van der Waals surface area contributed by atoms with Crippen LogP contribution < -0.4 is 5.32 Å². The van der Waals surface area contributed by atoms with Gasteiger partial charge in [-0.15, -0.1) is 0 Å². The summed E-state index contributed by atoms with van der Waals surface area (Å²) in [6, 6.07) is 22.0. The first-order valence-corrected chi connectivity index (χ1v) is 10.5. The van der Waals surface area contributed by atoms with E-state index < -0.39 is 5.91 Å². The summed E-state index contributed by atoms with van der Waals surface area (Å²) < 4.78 is 0.951. The van der Waals surface area contributed by atoms with Crippen molar-refractivity contribution < 1.29 is 4.79 Å². The van der Waals surface area contributed by atoms with Crippen LogP contribution in [0.4, 0.5) is 5.69 Å². The number of anilines is 1. The second-order valence-corrected chi connectivity index (χ2v) is 8.32. The van der Waals surface area contributed by atoms with Gasteiger partial charge in [-0.3, -0.25) is 4.79 Å². The fourth-order valence-electron chi connectivity index (χ4n) is 3.41. The number of nitrogens with zero attached hydrogens (tertiary/aromatic N) is 1. The summed E-state index contributed by atoms with van der Waals surface area (Å²) >= 11 is 3.64. The summed E-state index contributed by atoms with van der Waals surface area (Å²) in [6.07, 6.45) is 2.42. The molecule has 0 radical (unpaired) electrons. The molecule has 3 aromatic rings. The first-order valence-electron chi connectivity index (χ1n) is 9.70. The topological polar surface area (TPSA) is 52.9 Å². The Morgan fingerprint density at radius 2 is 1.73 bits per heavy atom. The van der Waals surface area contributed by atoms with Crippen molar-refractivity contribution in [2.45, 2.75) is 27.2 Å². The van der Waals surface area contributed by atoms with Crippen molar-refractivity contribution in [3.05, 3.63) is 104 Å². The number of rotatable bonds is 5. The molecule has 30 heavy (non-hydrogen) atoms. The second-order valence-electron chi connectivity index (χ2n) is 7.46. The maximum atomic E-state index is 12.5. The number of nitrogens with one attached hydrogen (secondary N) is 1. The summed E-state index contributed by atoms with van der Waals surface area (Å²) in [5.41, 5.74) is 7.41. The maximum Gasteiger partial charge on any atom is 0.266 e. The Bertz CT molecular complexity index is 1150. The number of halogens is 1. The molecule has 0 heterocycles. The van der Waals surface area contributed by atoms with E-state index in [9.17, 15) is 10.1 Å². The monoisotopic (exact) mass is 458 g/mol. The molecule has 0 spiro atoms. The quantitative estimate of drug-likeness (QED) is 0.349. The van der Waals surface area contributed by atoms with Crippen LogP contribution in [0.3, 0.4) is 0 Å². The standard InChI is InChI=1S/C26H23BrN2O/c1-17-10-18(2)12-21(11-17)14-22-9-8-20(15-24(22)27)13-23(16-28)26(30)29-25-7-5-4-6-19(25)3/h4-13,15H,14H2,1-3H3,(H,29,30)/b23-13+. The van der Waals surface area contributed by atoms with Gasteiger partial charge in [-0.25, -0.2) is 0 Å². The average molecular weight is 459 g/mol. The van der Waals surface area contributed by atoms with E-state index in [4.69, 9.17) is 0 Å². The van der Waals surface area contributed by atoms with Crippen LogP contribution in [-0.4, -0.2) is 5.91 Å². The Kier molecular flexibility index (Phi) is 6.87. The number of benzene rings is 3. The molecule has 0 aliphatic rings. The minimum absolute atomic E-state index is 0.0622. The molecule has 0 aliphatic carbocycles. The van der Waals surface area contributed by atoms with Crippen LogP contribution in [0.15, 0.2) is 70.7 Å². The molecule has 3 rings (SSSR count). The fraction of sp³-hybridized carbons (Fsp3) is 0.154. The number of hydrogen-bond acceptors (Lipinski definition) is 2. The summed E-state index contributed by atoms with van der Waals surface area (Å²) in [5.74, 6) is -0.415. The lowest BCUT2D eigenvalue weighted by atomic mass is 9.99. The predicted molar refractivity (Wildman–Crippen MR) is 126 cm³/mol. The highest BCUT2D eigenvalue weighted by molar-refractivity contribution is 9.10. The SMILES string of the molecule is Cc1cc(C)cc(Cc2ccc(/C=C(\C#N)C(=O)Nc3ccccc3C)cc2Br)c1. The Morgan fingerprint density at radius 1 is 1.03 bits per heavy atom. The molecule has 0 bridgehead atoms. The maximum absolute atomic E-state index is 12.5. The van der Waals surface area contributed by atoms with E-state index >= 15 is 0 Å². The van der Waals surface area contributed by atoms with E-state index in [1.165, 1.54) is 16.7 Å². The van der Waals surface area contributed by atoms with Crippen LogP contribution >= 0.6 is 15.9 Å². The van der Waals surface area contributed by atoms with Crippen molar-refractivity contribution in [3.8, 4) is 6.07 Å². The van der Waals surface area contributed by atoms with Gasteiger partial charge >= 0.3 is 0 Å². The molecular formula is C26H23BrN2O. The van der Waals surface area contributed by atoms with Gasteiger partial charge in [0, 0.05) is 10.2 Å². The molecule has 0 saturated carbocycles. The van der Waals surface area contributed by atoms with Gasteiger partial charge < -0.3 is 5.32 Å². The predicted octanol–water partition coefficient (Wildman–Crippen LogP) is 6.51. The third-order valence-corrected chi connectivity index (χ3v) is 5.56. The summed E-state index contributed by atoms with van der Waals surface area (Å²) in [4.78, 5) is 12.5. The molecule has 0 unspecified atom stereocenters. The number of carbonyl (C=O) groups is 1. The molecule has 0 aromatic heterocycles. The van der Waals surface area contributed by atoms with Crippen LogP contribution in [0.2, 0.25) is 0 Å². The van der Waals surface area contributed by atoms with E-state index in [0.717, 1.165) is 27.6 Å². The number of hydrogen-bond donors (Lipinski definition) is 1. The van der Waals surface area contributed by atoms with Crippen LogP contribution in [0, 0.1) is 32.1 Å². The van der Waals surface area contributed by atoms with Crippen molar-refractivity contribution in [2.24, 2.45) is 0 Å². The van der Waals surface area contributed by atoms with Crippen LogP contribution in [0.1, 0.15) is 33.4 Å². The molecule has 150 valence electrons. The summed E-state index contributed by atoms with van der Waals surface area (Å²) in [7, 11) is 0. The molecule has 1 N–H and O–H groups in total. The van der Waals surface area contributed by atoms with Crippen molar-refractivity contribution >= 4 is 33.6 Å². The first kappa shape index (κ1) is 21.5. The third kappa shape index (κ3) is 5.46. The molecular weight excluding hydrogens is 436 g/mol. The molecule has 3 nitrogen and oxygen atoms in total. The van der Waals surface area contributed by atoms with E-state index in [1.807, 2.05) is 55.5 Å². The molecule has 1 amide bonds. The highest BCUT2D eigenvalue weighted by atomic mass is 79.9. The Hall–Kier alpha value is -3.16. The fourth-order valence-corrected chi connectivity index (χ4v) is 3.94. The third-order valence-electron chi connectivity index (χ3n) is 4.82. The van der Waals surface area contributed by atoms with E-state index in [-0.39, 0.29) is 5.57 Å². The van der Waals surface area contributed by atoms with Crippen molar-refractivity contribution in [1.29, 1.82) is 5.26 Å². The molecule has 0 saturated heterocycles. The number of nitriles is 1. The van der Waals surface area contributed by atoms with Crippen LogP contribution in [-0.2, 0) is 11.2 Å². The largest absolute Gasteiger partial charge is 0.321 e. The summed E-state index contributed by atoms with van der Waals surface area (Å²) in [5, 5.41) is 12.3. The number of para-hydroxylation sites is 1. The zero-order chi connectivity index (χ0) is 21.7. The lowest BCUT2D eigenvalue weighted by Gasteiger charge is -2.09. The van der Waals surface area contributed by atoms with Gasteiger partial charge in [-0.2, -0.15) is 5.26 Å². The van der Waals surface area contributed by atoms with Gasteiger partial charge in [-0.1, -0.05) is 75.6 Å². The van der Waals surface area contributed by atoms with Gasteiger partial charge in [0.05, 0.1) is 0 Å².